The topological polar surface area (TPSA) is 0 Å². The molecule has 1 radical (unpaired) electrons. The van der Waals surface area contributed by atoms with Gasteiger partial charge in [-0.2, -0.15) is 0 Å². The van der Waals surface area contributed by atoms with E-state index < -0.39 is 8.07 Å². The number of hydrogen-bond acceptors (Lipinski definition) is 0. The Bertz CT molecular complexity index is 192. The van der Waals surface area contributed by atoms with Crippen LogP contribution in [0.2, 0.25) is 25.7 Å². The van der Waals surface area contributed by atoms with Crippen LogP contribution in [0.15, 0.2) is 12.2 Å². The molecular weight excluding hydrogens is 208 g/mol. The van der Waals surface area contributed by atoms with Gasteiger partial charge in [0.25, 0.3) is 0 Å². The second-order valence-electron chi connectivity index (χ2n) is 6.46. The molecular formula is C15H29Si. The van der Waals surface area contributed by atoms with Crippen molar-refractivity contribution in [3.8, 4) is 0 Å². The van der Waals surface area contributed by atoms with Crippen molar-refractivity contribution >= 4 is 8.07 Å². The number of hydrogen-bond donors (Lipinski definition) is 0. The standard InChI is InChI=1S/C15H29Si/c1-16(2,3)14-10-9-13-15-11-7-5-4-6-8-12-15/h9-10H,4-8,11-14H2,1-3H3. The third-order valence-electron chi connectivity index (χ3n) is 3.36. The third-order valence-corrected chi connectivity index (χ3v) is 4.82. The van der Waals surface area contributed by atoms with E-state index in [1.165, 1.54) is 57.4 Å². The summed E-state index contributed by atoms with van der Waals surface area (Å²) in [5.41, 5.74) is 0. The van der Waals surface area contributed by atoms with Gasteiger partial charge in [0.15, 0.2) is 0 Å². The van der Waals surface area contributed by atoms with Gasteiger partial charge in [-0.25, -0.2) is 0 Å². The van der Waals surface area contributed by atoms with E-state index in [1.54, 1.807) is 0 Å². The summed E-state index contributed by atoms with van der Waals surface area (Å²) in [5, 5.41) is 0. The number of allylic oxidation sites excluding steroid dienone is 2. The molecule has 1 fully saturated rings. The normalized spacial score (nSPS) is 20.9. The highest BCUT2D eigenvalue weighted by atomic mass is 28.3. The van der Waals surface area contributed by atoms with Crippen molar-refractivity contribution in [2.75, 3.05) is 0 Å². The molecule has 0 atom stereocenters. The highest BCUT2D eigenvalue weighted by Gasteiger charge is 2.11. The minimum absolute atomic E-state index is 0.858. The maximum absolute atomic E-state index is 2.44. The first-order valence-electron chi connectivity index (χ1n) is 7.06. The summed E-state index contributed by atoms with van der Waals surface area (Å²) in [7, 11) is -0.858. The van der Waals surface area contributed by atoms with Crippen LogP contribution in [-0.2, 0) is 0 Å². The Morgan fingerprint density at radius 3 is 2.00 bits per heavy atom. The fourth-order valence-electron chi connectivity index (χ4n) is 2.30. The molecule has 1 aliphatic rings. The van der Waals surface area contributed by atoms with Gasteiger partial charge in [0.1, 0.15) is 0 Å². The van der Waals surface area contributed by atoms with Gasteiger partial charge in [-0.3, -0.25) is 0 Å². The van der Waals surface area contributed by atoms with Crippen molar-refractivity contribution in [1.82, 2.24) is 0 Å². The second kappa shape index (κ2) is 7.32. The maximum Gasteiger partial charge on any atom is 0.0480 e. The Labute approximate surface area is 104 Å². The van der Waals surface area contributed by atoms with Crippen LogP contribution in [-0.4, -0.2) is 8.07 Å². The molecule has 0 aromatic heterocycles. The van der Waals surface area contributed by atoms with Crippen molar-refractivity contribution in [3.63, 3.8) is 0 Å². The van der Waals surface area contributed by atoms with Gasteiger partial charge in [-0.1, -0.05) is 63.9 Å². The summed E-state index contributed by atoms with van der Waals surface area (Å²) >= 11 is 0. The van der Waals surface area contributed by atoms with Crippen LogP contribution in [0.4, 0.5) is 0 Å². The summed E-state index contributed by atoms with van der Waals surface area (Å²) in [5.74, 6) is 1.81. The van der Waals surface area contributed by atoms with E-state index >= 15 is 0 Å². The minimum atomic E-state index is -0.858. The molecule has 1 rings (SSSR count). The van der Waals surface area contributed by atoms with Crippen molar-refractivity contribution < 1.29 is 0 Å². The van der Waals surface area contributed by atoms with Gasteiger partial charge < -0.3 is 0 Å². The van der Waals surface area contributed by atoms with Gasteiger partial charge in [0, 0.05) is 8.07 Å². The van der Waals surface area contributed by atoms with E-state index in [0.29, 0.717) is 0 Å². The van der Waals surface area contributed by atoms with Crippen LogP contribution in [0.5, 0.6) is 0 Å². The van der Waals surface area contributed by atoms with Gasteiger partial charge in [0.05, 0.1) is 0 Å². The Morgan fingerprint density at radius 2 is 1.44 bits per heavy atom. The van der Waals surface area contributed by atoms with Crippen LogP contribution in [0, 0.1) is 5.92 Å². The zero-order chi connectivity index (χ0) is 11.9. The molecule has 0 nitrogen and oxygen atoms in total. The molecule has 0 amide bonds. The molecule has 0 aromatic rings. The quantitative estimate of drug-likeness (QED) is 0.442. The van der Waals surface area contributed by atoms with Crippen LogP contribution >= 0.6 is 0 Å². The zero-order valence-electron chi connectivity index (χ0n) is 11.5. The lowest BCUT2D eigenvalue weighted by molar-refractivity contribution is 0.519. The second-order valence-corrected chi connectivity index (χ2v) is 12.0. The van der Waals surface area contributed by atoms with Crippen LogP contribution < -0.4 is 0 Å². The molecule has 16 heavy (non-hydrogen) atoms. The van der Waals surface area contributed by atoms with Crippen molar-refractivity contribution in [2.45, 2.75) is 77.1 Å². The molecule has 0 unspecified atom stereocenters. The smallest absolute Gasteiger partial charge is 0.0480 e. The predicted octanol–water partition coefficient (Wildman–Crippen LogP) is 5.59. The zero-order valence-corrected chi connectivity index (χ0v) is 12.5. The summed E-state index contributed by atoms with van der Waals surface area (Å²) in [6.45, 7) is 7.33. The summed E-state index contributed by atoms with van der Waals surface area (Å²) < 4.78 is 0. The Morgan fingerprint density at radius 1 is 0.875 bits per heavy atom. The van der Waals surface area contributed by atoms with E-state index in [9.17, 15) is 0 Å². The Kier molecular flexibility index (Phi) is 6.41. The molecule has 1 aliphatic carbocycles. The molecule has 0 aromatic carbocycles. The monoisotopic (exact) mass is 237 g/mol. The average Bonchev–Trinajstić information content (AvgIpc) is 2.13. The van der Waals surface area contributed by atoms with Gasteiger partial charge in [-0.05, 0) is 31.2 Å². The lowest BCUT2D eigenvalue weighted by Gasteiger charge is -2.17. The fraction of sp³-hybridized carbons (Fsp3) is 0.800. The predicted molar refractivity (Wildman–Crippen MR) is 77.5 cm³/mol. The molecule has 1 heteroatoms. The molecule has 0 spiro atoms. The maximum atomic E-state index is 2.44. The van der Waals surface area contributed by atoms with Crippen LogP contribution in [0.1, 0.15) is 51.4 Å². The minimum Gasteiger partial charge on any atom is -0.0912 e. The molecule has 0 heterocycles. The molecule has 0 saturated heterocycles. The summed E-state index contributed by atoms with van der Waals surface area (Å²) in [4.78, 5) is 0. The van der Waals surface area contributed by atoms with Crippen molar-refractivity contribution in [3.05, 3.63) is 18.1 Å². The fourth-order valence-corrected chi connectivity index (χ4v) is 3.17. The first kappa shape index (κ1) is 14.0. The molecule has 0 N–H and O–H groups in total. The summed E-state index contributed by atoms with van der Waals surface area (Å²) in [6.07, 6.45) is 16.2. The highest BCUT2D eigenvalue weighted by Crippen LogP contribution is 2.27. The van der Waals surface area contributed by atoms with Crippen LogP contribution in [0.3, 0.4) is 0 Å². The third kappa shape index (κ3) is 7.27. The lowest BCUT2D eigenvalue weighted by atomic mass is 9.89. The SMILES string of the molecule is C[Si](C)(C)CC=CC[C]1CCCCCCC1. The molecule has 93 valence electrons. The van der Waals surface area contributed by atoms with Crippen molar-refractivity contribution in [1.29, 1.82) is 0 Å². The van der Waals surface area contributed by atoms with Crippen LogP contribution in [0.25, 0.3) is 0 Å². The van der Waals surface area contributed by atoms with Gasteiger partial charge in [-0.15, -0.1) is 0 Å². The largest absolute Gasteiger partial charge is 0.0912 e. The molecule has 0 bridgehead atoms. The van der Waals surface area contributed by atoms with E-state index in [1.807, 2.05) is 5.92 Å². The first-order valence-corrected chi connectivity index (χ1v) is 10.8. The van der Waals surface area contributed by atoms with Crippen molar-refractivity contribution in [2.24, 2.45) is 0 Å². The molecule has 1 saturated carbocycles. The van der Waals surface area contributed by atoms with E-state index in [-0.39, 0.29) is 0 Å². The Hall–Kier alpha value is -0.0431. The highest BCUT2D eigenvalue weighted by molar-refractivity contribution is 6.76. The Balaban J connectivity index is 2.19. The van der Waals surface area contributed by atoms with E-state index in [2.05, 4.69) is 31.8 Å². The molecule has 0 aliphatic heterocycles. The van der Waals surface area contributed by atoms with Gasteiger partial charge >= 0.3 is 0 Å². The van der Waals surface area contributed by atoms with Gasteiger partial charge in [0.2, 0.25) is 0 Å². The summed E-state index contributed by atoms with van der Waals surface area (Å²) in [6, 6.07) is 1.35. The van der Waals surface area contributed by atoms with E-state index in [0.717, 1.165) is 0 Å². The average molecular weight is 237 g/mol. The lowest BCUT2D eigenvalue weighted by Crippen LogP contribution is -2.17. The first-order chi connectivity index (χ1) is 7.58. The van der Waals surface area contributed by atoms with E-state index in [4.69, 9.17) is 0 Å². The number of rotatable bonds is 4.